The summed E-state index contributed by atoms with van der Waals surface area (Å²) in [7, 11) is 0. The zero-order valence-electron chi connectivity index (χ0n) is 8.53. The van der Waals surface area contributed by atoms with Crippen molar-refractivity contribution in [2.75, 3.05) is 13.2 Å². The highest BCUT2D eigenvalue weighted by atomic mass is 35.5. The molecule has 0 radical (unpaired) electrons. The Morgan fingerprint density at radius 3 is 3.00 bits per heavy atom. The van der Waals surface area contributed by atoms with Crippen LogP contribution in [0.1, 0.15) is 37.9 Å². The molecule has 3 nitrogen and oxygen atoms in total. The summed E-state index contributed by atoms with van der Waals surface area (Å²) < 4.78 is 7.46. The Balaban J connectivity index is 2.32. The Morgan fingerprint density at radius 2 is 2.43 bits per heavy atom. The fourth-order valence-corrected chi connectivity index (χ4v) is 2.27. The molecule has 1 fully saturated rings. The van der Waals surface area contributed by atoms with Crippen LogP contribution in [0.4, 0.5) is 0 Å². The van der Waals surface area contributed by atoms with Gasteiger partial charge in [-0.05, 0) is 31.9 Å². The molecule has 2 heterocycles. The number of halogens is 1. The summed E-state index contributed by atoms with van der Waals surface area (Å²) in [6.45, 7) is 5.89. The summed E-state index contributed by atoms with van der Waals surface area (Å²) >= 11 is 6.03. The number of hydrogen-bond donors (Lipinski definition) is 0. The molecular formula is C10H15ClN2O. The number of aromatic nitrogens is 2. The molecule has 0 amide bonds. The quantitative estimate of drug-likeness (QED) is 0.757. The van der Waals surface area contributed by atoms with Gasteiger partial charge in [-0.2, -0.15) is 0 Å². The zero-order valence-corrected chi connectivity index (χ0v) is 9.29. The number of rotatable bonds is 2. The normalized spacial score (nSPS) is 22.1. The second-order valence-corrected chi connectivity index (χ2v) is 4.31. The lowest BCUT2D eigenvalue weighted by atomic mass is 10.1. The van der Waals surface area contributed by atoms with E-state index in [2.05, 4.69) is 23.4 Å². The number of nitrogens with zero attached hydrogens (tertiary/aromatic N) is 2. The maximum absolute atomic E-state index is 6.03. The van der Waals surface area contributed by atoms with Gasteiger partial charge in [0.2, 0.25) is 5.28 Å². The van der Waals surface area contributed by atoms with Crippen molar-refractivity contribution in [1.82, 2.24) is 9.55 Å². The molecule has 1 saturated heterocycles. The summed E-state index contributed by atoms with van der Waals surface area (Å²) in [5.74, 6) is 0.470. The first-order chi connectivity index (χ1) is 6.70. The molecule has 0 spiro atoms. The van der Waals surface area contributed by atoms with Crippen molar-refractivity contribution in [1.29, 1.82) is 0 Å². The van der Waals surface area contributed by atoms with Crippen LogP contribution in [0.15, 0.2) is 6.20 Å². The van der Waals surface area contributed by atoms with Crippen LogP contribution in [0.2, 0.25) is 5.28 Å². The van der Waals surface area contributed by atoms with E-state index in [1.807, 2.05) is 6.20 Å². The van der Waals surface area contributed by atoms with Gasteiger partial charge >= 0.3 is 0 Å². The molecule has 1 aliphatic heterocycles. The van der Waals surface area contributed by atoms with Gasteiger partial charge in [0, 0.05) is 24.3 Å². The number of hydrogen-bond acceptors (Lipinski definition) is 2. The van der Waals surface area contributed by atoms with E-state index in [1.165, 1.54) is 5.69 Å². The molecule has 78 valence electrons. The largest absolute Gasteiger partial charge is 0.381 e. The van der Waals surface area contributed by atoms with Crippen LogP contribution in [0.5, 0.6) is 0 Å². The average molecular weight is 215 g/mol. The Morgan fingerprint density at radius 1 is 1.64 bits per heavy atom. The minimum absolute atomic E-state index is 0.362. The van der Waals surface area contributed by atoms with Crippen LogP contribution in [-0.4, -0.2) is 22.8 Å². The van der Waals surface area contributed by atoms with Gasteiger partial charge in [-0.1, -0.05) is 0 Å². The van der Waals surface area contributed by atoms with Gasteiger partial charge in [0.1, 0.15) is 0 Å². The SMILES string of the molecule is CC(C)n1c(C2CCOC2)cnc1Cl. The van der Waals surface area contributed by atoms with Crippen molar-refractivity contribution in [3.05, 3.63) is 17.2 Å². The van der Waals surface area contributed by atoms with E-state index in [0.29, 0.717) is 17.2 Å². The molecule has 0 saturated carbocycles. The van der Waals surface area contributed by atoms with Crippen LogP contribution in [-0.2, 0) is 4.74 Å². The minimum Gasteiger partial charge on any atom is -0.381 e. The topological polar surface area (TPSA) is 27.1 Å². The van der Waals surface area contributed by atoms with Gasteiger partial charge < -0.3 is 9.30 Å². The predicted molar refractivity (Wildman–Crippen MR) is 55.8 cm³/mol. The summed E-state index contributed by atoms with van der Waals surface area (Å²) in [5.41, 5.74) is 1.21. The van der Waals surface area contributed by atoms with Crippen molar-refractivity contribution < 1.29 is 4.74 Å². The lowest BCUT2D eigenvalue weighted by molar-refractivity contribution is 0.193. The first-order valence-electron chi connectivity index (χ1n) is 5.00. The van der Waals surface area contributed by atoms with Gasteiger partial charge in [0.15, 0.2) is 0 Å². The summed E-state index contributed by atoms with van der Waals surface area (Å²) in [5, 5.41) is 0.585. The summed E-state index contributed by atoms with van der Waals surface area (Å²) in [6.07, 6.45) is 2.95. The predicted octanol–water partition coefficient (Wildman–Crippen LogP) is 2.62. The van der Waals surface area contributed by atoms with E-state index in [4.69, 9.17) is 16.3 Å². The van der Waals surface area contributed by atoms with Crippen molar-refractivity contribution in [2.45, 2.75) is 32.2 Å². The van der Waals surface area contributed by atoms with E-state index in [0.717, 1.165) is 19.6 Å². The maximum Gasteiger partial charge on any atom is 0.203 e. The van der Waals surface area contributed by atoms with Crippen molar-refractivity contribution >= 4 is 11.6 Å². The highest BCUT2D eigenvalue weighted by Gasteiger charge is 2.23. The first-order valence-corrected chi connectivity index (χ1v) is 5.38. The third-order valence-corrected chi connectivity index (χ3v) is 2.92. The number of ether oxygens (including phenoxy) is 1. The van der Waals surface area contributed by atoms with Gasteiger partial charge in [-0.3, -0.25) is 0 Å². The molecular weight excluding hydrogens is 200 g/mol. The first kappa shape index (κ1) is 9.99. The zero-order chi connectivity index (χ0) is 10.1. The van der Waals surface area contributed by atoms with E-state index < -0.39 is 0 Å². The molecule has 1 aliphatic rings. The Kier molecular flexibility index (Phi) is 2.79. The van der Waals surface area contributed by atoms with Gasteiger partial charge in [0.05, 0.1) is 12.8 Å². The molecule has 0 N–H and O–H groups in total. The van der Waals surface area contributed by atoms with Crippen LogP contribution < -0.4 is 0 Å². The average Bonchev–Trinajstić information content (AvgIpc) is 2.70. The van der Waals surface area contributed by atoms with Crippen molar-refractivity contribution in [3.63, 3.8) is 0 Å². The lowest BCUT2D eigenvalue weighted by Crippen LogP contribution is -2.10. The fraction of sp³-hybridized carbons (Fsp3) is 0.700. The van der Waals surface area contributed by atoms with Gasteiger partial charge in [0.25, 0.3) is 0 Å². The molecule has 2 rings (SSSR count). The van der Waals surface area contributed by atoms with Crippen LogP contribution in [0.3, 0.4) is 0 Å². The maximum atomic E-state index is 6.03. The second-order valence-electron chi connectivity index (χ2n) is 3.98. The molecule has 1 aromatic rings. The van der Waals surface area contributed by atoms with E-state index in [1.54, 1.807) is 0 Å². The smallest absolute Gasteiger partial charge is 0.203 e. The van der Waals surface area contributed by atoms with Crippen LogP contribution in [0, 0.1) is 0 Å². The molecule has 1 unspecified atom stereocenters. The fourth-order valence-electron chi connectivity index (χ4n) is 1.93. The highest BCUT2D eigenvalue weighted by molar-refractivity contribution is 6.28. The van der Waals surface area contributed by atoms with Crippen LogP contribution in [0.25, 0.3) is 0 Å². The third-order valence-electron chi connectivity index (χ3n) is 2.64. The minimum atomic E-state index is 0.362. The summed E-state index contributed by atoms with van der Waals surface area (Å²) in [4.78, 5) is 4.16. The Hall–Kier alpha value is -0.540. The van der Waals surface area contributed by atoms with Gasteiger partial charge in [-0.15, -0.1) is 0 Å². The van der Waals surface area contributed by atoms with E-state index in [-0.39, 0.29) is 0 Å². The summed E-state index contributed by atoms with van der Waals surface area (Å²) in [6, 6.07) is 0.362. The monoisotopic (exact) mass is 214 g/mol. The van der Waals surface area contributed by atoms with Crippen molar-refractivity contribution in [3.8, 4) is 0 Å². The van der Waals surface area contributed by atoms with Crippen LogP contribution >= 0.6 is 11.6 Å². The third kappa shape index (κ3) is 1.66. The lowest BCUT2D eigenvalue weighted by Gasteiger charge is -2.16. The molecule has 0 bridgehead atoms. The molecule has 4 heteroatoms. The Bertz CT molecular complexity index is 316. The Labute approximate surface area is 89.0 Å². The second kappa shape index (κ2) is 3.91. The molecule has 0 aromatic carbocycles. The molecule has 0 aliphatic carbocycles. The van der Waals surface area contributed by atoms with E-state index >= 15 is 0 Å². The molecule has 1 atom stereocenters. The number of imidazole rings is 1. The molecule has 14 heavy (non-hydrogen) atoms. The van der Waals surface area contributed by atoms with E-state index in [9.17, 15) is 0 Å². The standard InChI is InChI=1S/C10H15ClN2O/c1-7(2)13-9(5-12-10(13)11)8-3-4-14-6-8/h5,7-8H,3-4,6H2,1-2H3. The highest BCUT2D eigenvalue weighted by Crippen LogP contribution is 2.29. The van der Waals surface area contributed by atoms with Crippen molar-refractivity contribution in [2.24, 2.45) is 0 Å². The van der Waals surface area contributed by atoms with Gasteiger partial charge in [-0.25, -0.2) is 4.98 Å². The molecule has 1 aromatic heterocycles.